The Balaban J connectivity index is 1.55. The number of hydrogen-bond donors (Lipinski definition) is 0. The Labute approximate surface area is 150 Å². The summed E-state index contributed by atoms with van der Waals surface area (Å²) in [5, 5.41) is 0.696. The smallest absolute Gasteiger partial charge is 0.232 e. The van der Waals surface area contributed by atoms with Crippen molar-refractivity contribution in [2.75, 3.05) is 26.0 Å². The van der Waals surface area contributed by atoms with Crippen LogP contribution in [0.3, 0.4) is 0 Å². The molecule has 0 saturated heterocycles. The summed E-state index contributed by atoms with van der Waals surface area (Å²) in [5.41, 5.74) is 1.02. The van der Waals surface area contributed by atoms with Gasteiger partial charge in [0.15, 0.2) is 11.5 Å². The Morgan fingerprint density at radius 2 is 1.83 bits per heavy atom. The quantitative estimate of drug-likeness (QED) is 0.756. The van der Waals surface area contributed by atoms with Crippen molar-refractivity contribution in [2.45, 2.75) is 11.4 Å². The largest absolute Gasteiger partial charge is 0.486 e. The van der Waals surface area contributed by atoms with E-state index in [4.69, 9.17) is 21.1 Å². The van der Waals surface area contributed by atoms with Gasteiger partial charge in [0.05, 0.1) is 5.75 Å². The van der Waals surface area contributed by atoms with E-state index < -0.39 is 0 Å². The van der Waals surface area contributed by atoms with Crippen molar-refractivity contribution in [3.63, 3.8) is 0 Å². The number of rotatable bonds is 5. The number of fused-ring (bicyclic) bond motifs is 1. The molecular weight excluding hydrogens is 346 g/mol. The zero-order valence-electron chi connectivity index (χ0n) is 13.3. The Kier molecular flexibility index (Phi) is 5.53. The van der Waals surface area contributed by atoms with Crippen LogP contribution in [0.1, 0.15) is 5.56 Å². The summed E-state index contributed by atoms with van der Waals surface area (Å²) in [5.74, 6) is 1.97. The van der Waals surface area contributed by atoms with Gasteiger partial charge in [-0.15, -0.1) is 11.8 Å². The van der Waals surface area contributed by atoms with Crippen LogP contribution in [0.5, 0.6) is 11.5 Å². The fourth-order valence-corrected chi connectivity index (χ4v) is 3.30. The van der Waals surface area contributed by atoms with E-state index in [9.17, 15) is 4.79 Å². The Morgan fingerprint density at radius 1 is 1.12 bits per heavy atom. The summed E-state index contributed by atoms with van der Waals surface area (Å²) in [6, 6.07) is 13.3. The predicted octanol–water partition coefficient (Wildman–Crippen LogP) is 3.86. The number of carbonyl (C=O) groups is 1. The number of hydrogen-bond acceptors (Lipinski definition) is 4. The lowest BCUT2D eigenvalue weighted by Crippen LogP contribution is -2.27. The van der Waals surface area contributed by atoms with E-state index in [0.717, 1.165) is 22.0 Å². The Bertz CT molecular complexity index is 721. The summed E-state index contributed by atoms with van der Waals surface area (Å²) in [7, 11) is 1.81. The first-order valence-corrected chi connectivity index (χ1v) is 8.99. The SMILES string of the molecule is CN(Cc1ccc2c(c1)OCCO2)C(=O)CSc1ccc(Cl)cc1. The normalized spacial score (nSPS) is 12.8. The topological polar surface area (TPSA) is 38.8 Å². The zero-order chi connectivity index (χ0) is 16.9. The van der Waals surface area contributed by atoms with Gasteiger partial charge in [0, 0.05) is 23.5 Å². The van der Waals surface area contributed by atoms with Gasteiger partial charge in [-0.2, -0.15) is 0 Å². The number of amides is 1. The van der Waals surface area contributed by atoms with Crippen LogP contribution in [0.2, 0.25) is 5.02 Å². The number of nitrogens with zero attached hydrogens (tertiary/aromatic N) is 1. The van der Waals surface area contributed by atoms with Crippen LogP contribution in [-0.2, 0) is 11.3 Å². The minimum absolute atomic E-state index is 0.0739. The molecule has 24 heavy (non-hydrogen) atoms. The highest BCUT2D eigenvalue weighted by Crippen LogP contribution is 2.31. The van der Waals surface area contributed by atoms with E-state index in [1.54, 1.807) is 4.90 Å². The van der Waals surface area contributed by atoms with Crippen LogP contribution in [0.15, 0.2) is 47.4 Å². The number of benzene rings is 2. The third-order valence-electron chi connectivity index (χ3n) is 3.63. The number of thioether (sulfide) groups is 1. The van der Waals surface area contributed by atoms with E-state index in [0.29, 0.717) is 30.5 Å². The van der Waals surface area contributed by atoms with Crippen LogP contribution in [0.4, 0.5) is 0 Å². The molecule has 1 aliphatic rings. The van der Waals surface area contributed by atoms with Gasteiger partial charge in [-0.05, 0) is 42.0 Å². The molecule has 0 aromatic heterocycles. The van der Waals surface area contributed by atoms with E-state index in [1.807, 2.05) is 49.5 Å². The van der Waals surface area contributed by atoms with Crippen molar-refractivity contribution < 1.29 is 14.3 Å². The second-order valence-corrected chi connectivity index (χ2v) is 6.96. The molecule has 2 aromatic rings. The number of ether oxygens (including phenoxy) is 2. The van der Waals surface area contributed by atoms with Crippen molar-refractivity contribution >= 4 is 29.3 Å². The molecule has 126 valence electrons. The lowest BCUT2D eigenvalue weighted by molar-refractivity contribution is -0.127. The molecule has 1 heterocycles. The molecule has 0 saturated carbocycles. The summed E-state index contributed by atoms with van der Waals surface area (Å²) in [6.45, 7) is 1.67. The van der Waals surface area contributed by atoms with Crippen LogP contribution in [-0.4, -0.2) is 36.8 Å². The molecule has 1 amide bonds. The van der Waals surface area contributed by atoms with Gasteiger partial charge in [-0.25, -0.2) is 0 Å². The fraction of sp³-hybridized carbons (Fsp3) is 0.278. The van der Waals surface area contributed by atoms with Crippen LogP contribution < -0.4 is 9.47 Å². The summed E-state index contributed by atoms with van der Waals surface area (Å²) in [6.07, 6.45) is 0. The van der Waals surface area contributed by atoms with E-state index in [1.165, 1.54) is 11.8 Å². The molecule has 4 nitrogen and oxygen atoms in total. The molecule has 0 bridgehead atoms. The summed E-state index contributed by atoms with van der Waals surface area (Å²) >= 11 is 7.37. The maximum atomic E-state index is 12.3. The molecule has 0 N–H and O–H groups in total. The highest BCUT2D eigenvalue weighted by Gasteiger charge is 2.14. The van der Waals surface area contributed by atoms with Crippen LogP contribution in [0, 0.1) is 0 Å². The lowest BCUT2D eigenvalue weighted by Gasteiger charge is -2.21. The van der Waals surface area contributed by atoms with Crippen molar-refractivity contribution in [3.8, 4) is 11.5 Å². The second-order valence-electron chi connectivity index (χ2n) is 5.47. The van der Waals surface area contributed by atoms with E-state index in [-0.39, 0.29) is 5.91 Å². The average molecular weight is 364 g/mol. The Morgan fingerprint density at radius 3 is 2.58 bits per heavy atom. The van der Waals surface area contributed by atoms with Crippen molar-refractivity contribution in [1.82, 2.24) is 4.90 Å². The van der Waals surface area contributed by atoms with E-state index in [2.05, 4.69) is 0 Å². The molecule has 0 fully saturated rings. The minimum Gasteiger partial charge on any atom is -0.486 e. The average Bonchev–Trinajstić information content (AvgIpc) is 2.61. The third kappa shape index (κ3) is 4.36. The molecule has 0 radical (unpaired) electrons. The number of halogens is 1. The maximum Gasteiger partial charge on any atom is 0.232 e. The first-order valence-electron chi connectivity index (χ1n) is 7.63. The molecule has 0 spiro atoms. The maximum absolute atomic E-state index is 12.3. The predicted molar refractivity (Wildman–Crippen MR) is 96.1 cm³/mol. The monoisotopic (exact) mass is 363 g/mol. The molecule has 2 aromatic carbocycles. The van der Waals surface area contributed by atoms with Crippen molar-refractivity contribution in [1.29, 1.82) is 0 Å². The molecule has 1 aliphatic heterocycles. The molecule has 0 atom stereocenters. The lowest BCUT2D eigenvalue weighted by atomic mass is 10.2. The van der Waals surface area contributed by atoms with Crippen molar-refractivity contribution in [3.05, 3.63) is 53.1 Å². The van der Waals surface area contributed by atoms with Gasteiger partial charge in [-0.3, -0.25) is 4.79 Å². The fourth-order valence-electron chi connectivity index (χ4n) is 2.33. The first-order chi connectivity index (χ1) is 11.6. The first kappa shape index (κ1) is 17.0. The standard InChI is InChI=1S/C18H18ClNO3S/c1-20(18(21)12-24-15-5-3-14(19)4-6-15)11-13-2-7-16-17(10-13)23-9-8-22-16/h2-7,10H,8-9,11-12H2,1H3. The van der Waals surface area contributed by atoms with Gasteiger partial charge < -0.3 is 14.4 Å². The molecule has 6 heteroatoms. The Hall–Kier alpha value is -1.85. The van der Waals surface area contributed by atoms with Crippen LogP contribution in [0.25, 0.3) is 0 Å². The molecular formula is C18H18ClNO3S. The second kappa shape index (κ2) is 7.81. The van der Waals surface area contributed by atoms with Gasteiger partial charge in [0.1, 0.15) is 13.2 Å². The minimum atomic E-state index is 0.0739. The zero-order valence-corrected chi connectivity index (χ0v) is 14.9. The third-order valence-corrected chi connectivity index (χ3v) is 4.88. The molecule has 0 unspecified atom stereocenters. The van der Waals surface area contributed by atoms with E-state index >= 15 is 0 Å². The summed E-state index contributed by atoms with van der Waals surface area (Å²) in [4.78, 5) is 15.0. The van der Waals surface area contributed by atoms with Gasteiger partial charge in [0.25, 0.3) is 0 Å². The molecule has 0 aliphatic carbocycles. The number of carbonyl (C=O) groups excluding carboxylic acids is 1. The van der Waals surface area contributed by atoms with Gasteiger partial charge in [-0.1, -0.05) is 17.7 Å². The molecule has 3 rings (SSSR count). The van der Waals surface area contributed by atoms with Crippen molar-refractivity contribution in [2.24, 2.45) is 0 Å². The summed E-state index contributed by atoms with van der Waals surface area (Å²) < 4.78 is 11.1. The van der Waals surface area contributed by atoms with Gasteiger partial charge in [0.2, 0.25) is 5.91 Å². The highest BCUT2D eigenvalue weighted by atomic mass is 35.5. The van der Waals surface area contributed by atoms with Gasteiger partial charge >= 0.3 is 0 Å². The van der Waals surface area contributed by atoms with Crippen LogP contribution >= 0.6 is 23.4 Å². The highest BCUT2D eigenvalue weighted by molar-refractivity contribution is 8.00.